The zero-order chi connectivity index (χ0) is 15.0. The van der Waals surface area contributed by atoms with Crippen LogP contribution >= 0.6 is 15.9 Å². The molecule has 106 valence electrons. The summed E-state index contributed by atoms with van der Waals surface area (Å²) >= 11 is 3.18. The molecule has 0 amide bonds. The molecule has 1 heterocycles. The van der Waals surface area contributed by atoms with Gasteiger partial charge in [-0.15, -0.1) is 0 Å². The van der Waals surface area contributed by atoms with Crippen LogP contribution in [0, 0.1) is 11.6 Å². The SMILES string of the molecule is O=c1c2ccc(F)cc2ncn1Cc1ccc(Br)cc1F. The van der Waals surface area contributed by atoms with Gasteiger partial charge in [0, 0.05) is 16.1 Å². The van der Waals surface area contributed by atoms with Crippen LogP contribution in [0.2, 0.25) is 0 Å². The van der Waals surface area contributed by atoms with Crippen LogP contribution in [-0.4, -0.2) is 9.55 Å². The van der Waals surface area contributed by atoms with Crippen LogP contribution in [0.5, 0.6) is 0 Å². The highest BCUT2D eigenvalue weighted by molar-refractivity contribution is 9.10. The van der Waals surface area contributed by atoms with Crippen LogP contribution in [0.3, 0.4) is 0 Å². The fourth-order valence-corrected chi connectivity index (χ4v) is 2.41. The first-order valence-electron chi connectivity index (χ1n) is 6.13. The Morgan fingerprint density at radius 1 is 1.14 bits per heavy atom. The van der Waals surface area contributed by atoms with E-state index < -0.39 is 11.6 Å². The van der Waals surface area contributed by atoms with Gasteiger partial charge in [-0.2, -0.15) is 0 Å². The molecule has 0 bridgehead atoms. The molecule has 3 nitrogen and oxygen atoms in total. The Kier molecular flexibility index (Phi) is 3.55. The number of hydrogen-bond acceptors (Lipinski definition) is 2. The molecule has 3 rings (SSSR count). The van der Waals surface area contributed by atoms with Gasteiger partial charge in [-0.05, 0) is 24.3 Å². The topological polar surface area (TPSA) is 34.9 Å². The van der Waals surface area contributed by atoms with Gasteiger partial charge in [0.2, 0.25) is 0 Å². The maximum atomic E-state index is 13.8. The summed E-state index contributed by atoms with van der Waals surface area (Å²) in [7, 11) is 0. The maximum Gasteiger partial charge on any atom is 0.261 e. The van der Waals surface area contributed by atoms with Crippen molar-refractivity contribution in [3.63, 3.8) is 0 Å². The normalized spacial score (nSPS) is 11.0. The number of halogens is 3. The van der Waals surface area contributed by atoms with E-state index in [9.17, 15) is 13.6 Å². The van der Waals surface area contributed by atoms with Crippen LogP contribution < -0.4 is 5.56 Å². The van der Waals surface area contributed by atoms with E-state index in [4.69, 9.17) is 0 Å². The van der Waals surface area contributed by atoms with Crippen molar-refractivity contribution in [3.8, 4) is 0 Å². The van der Waals surface area contributed by atoms with E-state index >= 15 is 0 Å². The predicted molar refractivity (Wildman–Crippen MR) is 79.2 cm³/mol. The second-order valence-electron chi connectivity index (χ2n) is 4.57. The Morgan fingerprint density at radius 3 is 2.71 bits per heavy atom. The van der Waals surface area contributed by atoms with Crippen LogP contribution in [0.4, 0.5) is 8.78 Å². The van der Waals surface area contributed by atoms with E-state index in [1.54, 1.807) is 12.1 Å². The molecule has 0 fully saturated rings. The molecule has 0 aliphatic rings. The number of benzene rings is 2. The summed E-state index contributed by atoms with van der Waals surface area (Å²) in [5.41, 5.74) is 0.332. The molecule has 0 radical (unpaired) electrons. The first-order chi connectivity index (χ1) is 10.0. The number of nitrogens with zero attached hydrogens (tertiary/aromatic N) is 2. The Morgan fingerprint density at radius 2 is 1.95 bits per heavy atom. The summed E-state index contributed by atoms with van der Waals surface area (Å²) < 4.78 is 28.8. The molecule has 0 unspecified atom stereocenters. The predicted octanol–water partition coefficient (Wildman–Crippen LogP) is 3.49. The zero-order valence-electron chi connectivity index (χ0n) is 10.7. The molecule has 0 aliphatic heterocycles. The van der Waals surface area contributed by atoms with Crippen LogP contribution in [0.1, 0.15) is 5.56 Å². The van der Waals surface area contributed by atoms with Gasteiger partial charge in [0.1, 0.15) is 11.6 Å². The highest BCUT2D eigenvalue weighted by Gasteiger charge is 2.08. The van der Waals surface area contributed by atoms with Crippen LogP contribution in [0.15, 0.2) is 52.0 Å². The van der Waals surface area contributed by atoms with Gasteiger partial charge < -0.3 is 0 Å². The molecule has 21 heavy (non-hydrogen) atoms. The second kappa shape index (κ2) is 5.37. The Labute approximate surface area is 127 Å². The monoisotopic (exact) mass is 350 g/mol. The Hall–Kier alpha value is -2.08. The molecule has 1 aromatic heterocycles. The standard InChI is InChI=1S/C15H9BrF2N2O/c16-10-2-1-9(13(18)5-10)7-20-8-19-14-6-11(17)3-4-12(14)15(20)21/h1-6,8H,7H2. The third-order valence-electron chi connectivity index (χ3n) is 3.14. The fourth-order valence-electron chi connectivity index (χ4n) is 2.08. The van der Waals surface area contributed by atoms with Gasteiger partial charge in [-0.1, -0.05) is 22.0 Å². The summed E-state index contributed by atoms with van der Waals surface area (Å²) in [5.74, 6) is -0.860. The first-order valence-corrected chi connectivity index (χ1v) is 6.92. The molecule has 0 N–H and O–H groups in total. The largest absolute Gasteiger partial charge is 0.294 e. The van der Waals surface area contributed by atoms with Gasteiger partial charge >= 0.3 is 0 Å². The third kappa shape index (κ3) is 2.71. The highest BCUT2D eigenvalue weighted by Crippen LogP contribution is 2.16. The van der Waals surface area contributed by atoms with Gasteiger partial charge in [0.15, 0.2) is 0 Å². The molecular formula is C15H9BrF2N2O. The lowest BCUT2D eigenvalue weighted by Gasteiger charge is -2.08. The number of hydrogen-bond donors (Lipinski definition) is 0. The van der Waals surface area contributed by atoms with Crippen molar-refractivity contribution in [1.29, 1.82) is 0 Å². The summed E-state index contributed by atoms with van der Waals surface area (Å²) in [6.07, 6.45) is 1.30. The molecule has 0 saturated carbocycles. The zero-order valence-corrected chi connectivity index (χ0v) is 12.3. The number of rotatable bonds is 2. The van der Waals surface area contributed by atoms with Crippen molar-refractivity contribution >= 4 is 26.8 Å². The second-order valence-corrected chi connectivity index (χ2v) is 5.49. The smallest absolute Gasteiger partial charge is 0.261 e. The minimum Gasteiger partial charge on any atom is -0.294 e. The summed E-state index contributed by atoms with van der Waals surface area (Å²) in [4.78, 5) is 16.3. The summed E-state index contributed by atoms with van der Waals surface area (Å²) in [6, 6.07) is 8.42. The van der Waals surface area contributed by atoms with E-state index in [2.05, 4.69) is 20.9 Å². The van der Waals surface area contributed by atoms with E-state index in [0.29, 0.717) is 15.4 Å². The van der Waals surface area contributed by atoms with Crippen molar-refractivity contribution in [1.82, 2.24) is 9.55 Å². The molecular weight excluding hydrogens is 342 g/mol. The minimum absolute atomic E-state index is 0.0677. The van der Waals surface area contributed by atoms with Crippen molar-refractivity contribution in [3.05, 3.63) is 74.7 Å². The Balaban J connectivity index is 2.07. The number of aromatic nitrogens is 2. The van der Waals surface area contributed by atoms with Gasteiger partial charge in [0.25, 0.3) is 5.56 Å². The molecule has 3 aromatic rings. The lowest BCUT2D eigenvalue weighted by atomic mass is 10.2. The average Bonchev–Trinajstić information content (AvgIpc) is 2.44. The Bertz CT molecular complexity index is 892. The average molecular weight is 351 g/mol. The lowest BCUT2D eigenvalue weighted by molar-refractivity contribution is 0.594. The first kappa shape index (κ1) is 13.9. The molecule has 0 atom stereocenters. The van der Waals surface area contributed by atoms with E-state index in [0.717, 1.165) is 0 Å². The van der Waals surface area contributed by atoms with Crippen molar-refractivity contribution < 1.29 is 8.78 Å². The molecule has 0 spiro atoms. The van der Waals surface area contributed by atoms with E-state index in [1.807, 2.05) is 0 Å². The van der Waals surface area contributed by atoms with Crippen molar-refractivity contribution in [2.45, 2.75) is 6.54 Å². The summed E-state index contributed by atoms with van der Waals surface area (Å²) in [5, 5.41) is 0.302. The minimum atomic E-state index is -0.453. The van der Waals surface area contributed by atoms with E-state index in [-0.39, 0.29) is 17.6 Å². The quantitative estimate of drug-likeness (QED) is 0.709. The van der Waals surface area contributed by atoms with Crippen molar-refractivity contribution in [2.24, 2.45) is 0 Å². The number of fused-ring (bicyclic) bond motifs is 1. The van der Waals surface area contributed by atoms with Gasteiger partial charge in [-0.3, -0.25) is 9.36 Å². The molecule has 0 aliphatic carbocycles. The summed E-state index contributed by atoms with van der Waals surface area (Å²) in [6.45, 7) is 0.0677. The van der Waals surface area contributed by atoms with Crippen molar-refractivity contribution in [2.75, 3.05) is 0 Å². The lowest BCUT2D eigenvalue weighted by Crippen LogP contribution is -2.21. The van der Waals surface area contributed by atoms with Gasteiger partial charge in [0.05, 0.1) is 23.8 Å². The highest BCUT2D eigenvalue weighted by atomic mass is 79.9. The molecule has 6 heteroatoms. The van der Waals surface area contributed by atoms with Crippen LogP contribution in [-0.2, 0) is 6.54 Å². The van der Waals surface area contributed by atoms with Crippen LogP contribution in [0.25, 0.3) is 10.9 Å². The van der Waals surface area contributed by atoms with Gasteiger partial charge in [-0.25, -0.2) is 13.8 Å². The molecule has 0 saturated heterocycles. The maximum absolute atomic E-state index is 13.8. The third-order valence-corrected chi connectivity index (χ3v) is 3.64. The fraction of sp³-hybridized carbons (Fsp3) is 0.0667. The molecule has 2 aromatic carbocycles. The van der Waals surface area contributed by atoms with E-state index in [1.165, 1.54) is 35.2 Å².